The number of nitrogens with one attached hydrogen (secondary N) is 1. The first kappa shape index (κ1) is 25.1. The minimum atomic E-state index is -4.06. The van der Waals surface area contributed by atoms with Gasteiger partial charge in [0.15, 0.2) is 0 Å². The number of nitrogens with zero attached hydrogens (tertiary/aromatic N) is 1. The van der Waals surface area contributed by atoms with Gasteiger partial charge >= 0.3 is 0 Å². The molecule has 0 aliphatic rings. The number of para-hydroxylation sites is 1. The molecule has 7 nitrogen and oxygen atoms in total. The summed E-state index contributed by atoms with van der Waals surface area (Å²) in [5.74, 6) is 0.532. The third-order valence-electron chi connectivity index (χ3n) is 5.48. The molecule has 3 aromatic carbocycles. The summed E-state index contributed by atoms with van der Waals surface area (Å²) in [5, 5.41) is 2.89. The van der Waals surface area contributed by atoms with Crippen LogP contribution in [-0.4, -0.2) is 35.1 Å². The normalized spacial score (nSPS) is 12.0. The number of anilines is 1. The molecule has 1 amide bonds. The minimum Gasteiger partial charge on any atom is -0.496 e. The van der Waals surface area contributed by atoms with Crippen LogP contribution in [0.15, 0.2) is 71.6 Å². The van der Waals surface area contributed by atoms with Gasteiger partial charge in [-0.15, -0.1) is 0 Å². The lowest BCUT2D eigenvalue weighted by atomic mass is 10.1. The Labute approximate surface area is 201 Å². The molecule has 0 saturated carbocycles. The van der Waals surface area contributed by atoms with Crippen LogP contribution >= 0.6 is 0 Å². The highest BCUT2D eigenvalue weighted by molar-refractivity contribution is 7.92. The van der Waals surface area contributed by atoms with Crippen LogP contribution in [0.1, 0.15) is 29.7 Å². The molecular weight excluding hydrogens is 452 g/mol. The molecule has 0 unspecified atom stereocenters. The third kappa shape index (κ3) is 5.51. The lowest BCUT2D eigenvalue weighted by molar-refractivity contribution is -0.120. The number of methoxy groups -OCH3 is 2. The molecule has 34 heavy (non-hydrogen) atoms. The predicted molar refractivity (Wildman–Crippen MR) is 133 cm³/mol. The van der Waals surface area contributed by atoms with Gasteiger partial charge in [-0.2, -0.15) is 0 Å². The number of carbonyl (C=O) groups is 1. The van der Waals surface area contributed by atoms with Gasteiger partial charge in [-0.1, -0.05) is 42.0 Å². The van der Waals surface area contributed by atoms with Gasteiger partial charge < -0.3 is 14.8 Å². The Morgan fingerprint density at radius 2 is 1.53 bits per heavy atom. The van der Waals surface area contributed by atoms with Crippen LogP contribution in [0.4, 0.5) is 5.69 Å². The Bertz CT molecular complexity index is 1260. The third-order valence-corrected chi connectivity index (χ3v) is 7.26. The van der Waals surface area contributed by atoms with E-state index in [-0.39, 0.29) is 4.90 Å². The maximum Gasteiger partial charge on any atom is 0.264 e. The average Bonchev–Trinajstić information content (AvgIpc) is 2.82. The van der Waals surface area contributed by atoms with Gasteiger partial charge in [-0.3, -0.25) is 9.10 Å². The van der Waals surface area contributed by atoms with Crippen molar-refractivity contribution in [2.24, 2.45) is 0 Å². The SMILES string of the molecule is COc1ccccc1[C@H](C)NC(=O)CN(c1cc(C)ccc1OC)S(=O)(=O)c1ccc(C)cc1. The van der Waals surface area contributed by atoms with Crippen LogP contribution < -0.4 is 19.1 Å². The number of rotatable bonds is 9. The van der Waals surface area contributed by atoms with Gasteiger partial charge in [0.2, 0.25) is 5.91 Å². The molecule has 0 aliphatic heterocycles. The fraction of sp³-hybridized carbons (Fsp3) is 0.269. The molecule has 8 heteroatoms. The molecule has 1 atom stereocenters. The van der Waals surface area contributed by atoms with Crippen LogP contribution in [0.25, 0.3) is 0 Å². The predicted octanol–water partition coefficient (Wildman–Crippen LogP) is 4.39. The summed E-state index contributed by atoms with van der Waals surface area (Å²) in [6.45, 7) is 5.13. The number of hydrogen-bond acceptors (Lipinski definition) is 5. The van der Waals surface area contributed by atoms with Crippen molar-refractivity contribution < 1.29 is 22.7 Å². The van der Waals surface area contributed by atoms with Gasteiger partial charge in [0.05, 0.1) is 30.8 Å². The number of sulfonamides is 1. The van der Waals surface area contributed by atoms with E-state index in [1.807, 2.05) is 51.1 Å². The first-order chi connectivity index (χ1) is 16.2. The lowest BCUT2D eigenvalue weighted by Gasteiger charge is -2.27. The topological polar surface area (TPSA) is 84.9 Å². The number of ether oxygens (including phenoxy) is 2. The maximum atomic E-state index is 13.7. The molecule has 0 bridgehead atoms. The first-order valence-electron chi connectivity index (χ1n) is 10.8. The van der Waals surface area contributed by atoms with E-state index in [0.29, 0.717) is 17.2 Å². The fourth-order valence-corrected chi connectivity index (χ4v) is 5.07. The van der Waals surface area contributed by atoms with Crippen molar-refractivity contribution >= 4 is 21.6 Å². The van der Waals surface area contributed by atoms with Crippen molar-refractivity contribution in [2.45, 2.75) is 31.7 Å². The molecule has 3 aromatic rings. The summed E-state index contributed by atoms with van der Waals surface area (Å²) in [5.41, 5.74) is 2.85. The average molecular weight is 483 g/mol. The van der Waals surface area contributed by atoms with Gasteiger partial charge in [0.1, 0.15) is 18.0 Å². The number of benzene rings is 3. The van der Waals surface area contributed by atoms with E-state index in [0.717, 1.165) is 21.0 Å². The highest BCUT2D eigenvalue weighted by Gasteiger charge is 2.30. The maximum absolute atomic E-state index is 13.7. The molecule has 0 heterocycles. The second-order valence-electron chi connectivity index (χ2n) is 8.03. The van der Waals surface area contributed by atoms with E-state index < -0.39 is 28.5 Å². The zero-order valence-electron chi connectivity index (χ0n) is 20.0. The van der Waals surface area contributed by atoms with Crippen molar-refractivity contribution in [1.82, 2.24) is 5.32 Å². The second kappa shape index (κ2) is 10.6. The molecule has 0 radical (unpaired) electrons. The molecule has 0 saturated heterocycles. The fourth-order valence-electron chi connectivity index (χ4n) is 3.65. The number of amides is 1. The molecule has 0 spiro atoms. The molecule has 3 rings (SSSR count). The standard InChI is InChI=1S/C26H30N2O5S/c1-18-10-13-21(14-11-18)34(30,31)28(23-16-19(2)12-15-25(23)33-5)17-26(29)27-20(3)22-8-6-7-9-24(22)32-4/h6-16,20H,17H2,1-5H3,(H,27,29)/t20-/m0/s1. The van der Waals surface area contributed by atoms with E-state index in [9.17, 15) is 13.2 Å². The lowest BCUT2D eigenvalue weighted by Crippen LogP contribution is -2.41. The van der Waals surface area contributed by atoms with Crippen LogP contribution in [-0.2, 0) is 14.8 Å². The van der Waals surface area contributed by atoms with E-state index in [1.54, 1.807) is 31.4 Å². The Morgan fingerprint density at radius 3 is 2.18 bits per heavy atom. The zero-order valence-corrected chi connectivity index (χ0v) is 20.8. The highest BCUT2D eigenvalue weighted by atomic mass is 32.2. The van der Waals surface area contributed by atoms with Crippen molar-refractivity contribution in [3.8, 4) is 11.5 Å². The number of hydrogen-bond donors (Lipinski definition) is 1. The van der Waals surface area contributed by atoms with Crippen molar-refractivity contribution in [1.29, 1.82) is 0 Å². The minimum absolute atomic E-state index is 0.0900. The Hall–Kier alpha value is -3.52. The number of carbonyl (C=O) groups excluding carboxylic acids is 1. The van der Waals surface area contributed by atoms with E-state index >= 15 is 0 Å². The largest absolute Gasteiger partial charge is 0.496 e. The molecule has 0 aliphatic carbocycles. The van der Waals surface area contributed by atoms with Crippen LogP contribution in [0.2, 0.25) is 0 Å². The molecule has 180 valence electrons. The van der Waals surface area contributed by atoms with Crippen molar-refractivity contribution in [2.75, 3.05) is 25.1 Å². The zero-order chi connectivity index (χ0) is 24.9. The van der Waals surface area contributed by atoms with Gasteiger partial charge in [0.25, 0.3) is 10.0 Å². The van der Waals surface area contributed by atoms with Crippen LogP contribution in [0.5, 0.6) is 11.5 Å². The Kier molecular flexibility index (Phi) is 7.83. The van der Waals surface area contributed by atoms with E-state index in [1.165, 1.54) is 19.2 Å². The molecular formula is C26H30N2O5S. The summed E-state index contributed by atoms with van der Waals surface area (Å²) in [4.78, 5) is 13.2. The quantitative estimate of drug-likeness (QED) is 0.489. The highest BCUT2D eigenvalue weighted by Crippen LogP contribution is 2.33. The van der Waals surface area contributed by atoms with E-state index in [4.69, 9.17) is 9.47 Å². The molecule has 0 aromatic heterocycles. The second-order valence-corrected chi connectivity index (χ2v) is 9.89. The van der Waals surface area contributed by atoms with Gasteiger partial charge in [0, 0.05) is 5.56 Å². The smallest absolute Gasteiger partial charge is 0.264 e. The monoisotopic (exact) mass is 482 g/mol. The number of aryl methyl sites for hydroxylation is 2. The Balaban J connectivity index is 1.98. The summed E-state index contributed by atoms with van der Waals surface area (Å²) in [6.07, 6.45) is 0. The van der Waals surface area contributed by atoms with Crippen molar-refractivity contribution in [3.05, 3.63) is 83.4 Å². The summed E-state index contributed by atoms with van der Waals surface area (Å²) < 4.78 is 39.3. The molecule has 0 fully saturated rings. The Morgan fingerprint density at radius 1 is 0.912 bits per heavy atom. The molecule has 1 N–H and O–H groups in total. The first-order valence-corrected chi connectivity index (χ1v) is 12.3. The summed E-state index contributed by atoms with van der Waals surface area (Å²) in [6, 6.07) is 18.7. The van der Waals surface area contributed by atoms with Crippen LogP contribution in [0, 0.1) is 13.8 Å². The van der Waals surface area contributed by atoms with Crippen LogP contribution in [0.3, 0.4) is 0 Å². The summed E-state index contributed by atoms with van der Waals surface area (Å²) in [7, 11) is -1.03. The van der Waals surface area contributed by atoms with Crippen molar-refractivity contribution in [3.63, 3.8) is 0 Å². The van der Waals surface area contributed by atoms with E-state index in [2.05, 4.69) is 5.32 Å². The van der Waals surface area contributed by atoms with Gasteiger partial charge in [-0.05, 0) is 56.7 Å². The summed E-state index contributed by atoms with van der Waals surface area (Å²) >= 11 is 0. The van der Waals surface area contributed by atoms with Gasteiger partial charge in [-0.25, -0.2) is 8.42 Å².